The van der Waals surface area contributed by atoms with Crippen LogP contribution in [-0.2, 0) is 22.1 Å². The summed E-state index contributed by atoms with van der Waals surface area (Å²) in [6.45, 7) is 17.7. The SMILES string of the molecule is CN(Cc1ccc2c(c1)C(N=[N+]=[N-])[C@@H](CO[Si](C)(C)C(C)(C)C)C2)C(=O)OC(C)(C)C. The van der Waals surface area contributed by atoms with Crippen LogP contribution < -0.4 is 0 Å². The summed E-state index contributed by atoms with van der Waals surface area (Å²) in [4.78, 5) is 17.0. The Bertz CT molecular complexity index is 851. The van der Waals surface area contributed by atoms with Gasteiger partial charge in [-0.2, -0.15) is 0 Å². The summed E-state index contributed by atoms with van der Waals surface area (Å²) >= 11 is 0. The van der Waals surface area contributed by atoms with Crippen molar-refractivity contribution in [3.63, 3.8) is 0 Å². The molecule has 31 heavy (non-hydrogen) atoms. The molecule has 0 saturated heterocycles. The number of hydrogen-bond donors (Lipinski definition) is 0. The largest absolute Gasteiger partial charge is 0.444 e. The zero-order chi connectivity index (χ0) is 23.6. The highest BCUT2D eigenvalue weighted by Crippen LogP contribution is 2.42. The molecule has 1 aromatic rings. The quantitative estimate of drug-likeness (QED) is 0.213. The topological polar surface area (TPSA) is 87.5 Å². The maximum absolute atomic E-state index is 12.3. The van der Waals surface area contributed by atoms with Crippen molar-refractivity contribution in [2.45, 2.75) is 84.3 Å². The lowest BCUT2D eigenvalue weighted by Gasteiger charge is -2.37. The monoisotopic (exact) mass is 446 g/mol. The number of amides is 1. The van der Waals surface area contributed by atoms with Gasteiger partial charge in [0.1, 0.15) is 5.60 Å². The lowest BCUT2D eigenvalue weighted by atomic mass is 10.0. The van der Waals surface area contributed by atoms with E-state index in [4.69, 9.17) is 9.16 Å². The van der Waals surface area contributed by atoms with Gasteiger partial charge in [-0.25, -0.2) is 4.79 Å². The van der Waals surface area contributed by atoms with Crippen LogP contribution in [0.1, 0.15) is 64.3 Å². The Kier molecular flexibility index (Phi) is 7.51. The lowest BCUT2D eigenvalue weighted by molar-refractivity contribution is 0.0285. The molecular weight excluding hydrogens is 408 g/mol. The zero-order valence-electron chi connectivity index (χ0n) is 20.5. The molecule has 2 atom stereocenters. The van der Waals surface area contributed by atoms with Gasteiger partial charge in [0.15, 0.2) is 8.32 Å². The van der Waals surface area contributed by atoms with E-state index in [1.54, 1.807) is 11.9 Å². The molecule has 0 N–H and O–H groups in total. The van der Waals surface area contributed by atoms with Crippen molar-refractivity contribution in [1.29, 1.82) is 0 Å². The molecule has 172 valence electrons. The third-order valence-corrected chi connectivity index (χ3v) is 10.7. The van der Waals surface area contributed by atoms with Crippen LogP contribution >= 0.6 is 0 Å². The molecule has 7 nitrogen and oxygen atoms in total. The van der Waals surface area contributed by atoms with Crippen molar-refractivity contribution in [1.82, 2.24) is 4.90 Å². The first kappa shape index (κ1) is 25.2. The number of hydrogen-bond acceptors (Lipinski definition) is 4. The molecule has 8 heteroatoms. The fraction of sp³-hybridized carbons (Fsp3) is 0.696. The van der Waals surface area contributed by atoms with Crippen LogP contribution in [0.15, 0.2) is 23.3 Å². The maximum Gasteiger partial charge on any atom is 0.410 e. The van der Waals surface area contributed by atoms with Crippen molar-refractivity contribution in [3.8, 4) is 0 Å². The van der Waals surface area contributed by atoms with Crippen LogP contribution in [0.25, 0.3) is 10.4 Å². The minimum Gasteiger partial charge on any atom is -0.444 e. The Hall–Kier alpha value is -2.02. The summed E-state index contributed by atoms with van der Waals surface area (Å²) in [5.74, 6) is 0.124. The third kappa shape index (κ3) is 6.48. The van der Waals surface area contributed by atoms with Crippen LogP contribution in [0.4, 0.5) is 4.79 Å². The Balaban J connectivity index is 2.16. The van der Waals surface area contributed by atoms with E-state index in [0.717, 1.165) is 17.5 Å². The van der Waals surface area contributed by atoms with Gasteiger partial charge < -0.3 is 14.1 Å². The Morgan fingerprint density at radius 1 is 1.26 bits per heavy atom. The minimum atomic E-state index is -1.89. The molecule has 1 amide bonds. The molecule has 1 aliphatic rings. The number of nitrogens with zero attached hydrogens (tertiary/aromatic N) is 4. The van der Waals surface area contributed by atoms with Crippen molar-refractivity contribution < 1.29 is 14.0 Å². The molecule has 0 fully saturated rings. The molecule has 1 unspecified atom stereocenters. The van der Waals surface area contributed by atoms with Gasteiger partial charge in [-0.3, -0.25) is 0 Å². The summed E-state index contributed by atoms with van der Waals surface area (Å²) < 4.78 is 11.9. The Morgan fingerprint density at radius 3 is 2.45 bits per heavy atom. The first-order valence-electron chi connectivity index (χ1n) is 10.9. The second-order valence-corrected chi connectivity index (χ2v) is 15.9. The Labute approximate surface area is 187 Å². The summed E-state index contributed by atoms with van der Waals surface area (Å²) in [6.07, 6.45) is 0.468. The Morgan fingerprint density at radius 2 is 1.90 bits per heavy atom. The van der Waals surface area contributed by atoms with Gasteiger partial charge in [0.2, 0.25) is 0 Å². The minimum absolute atomic E-state index is 0.124. The number of azide groups is 1. The van der Waals surface area contributed by atoms with Gasteiger partial charge in [0.05, 0.1) is 6.04 Å². The predicted molar refractivity (Wildman–Crippen MR) is 126 cm³/mol. The van der Waals surface area contributed by atoms with E-state index >= 15 is 0 Å². The fourth-order valence-corrected chi connectivity index (χ4v) is 4.49. The van der Waals surface area contributed by atoms with Crippen LogP contribution in [0.3, 0.4) is 0 Å². The lowest BCUT2D eigenvalue weighted by Crippen LogP contribution is -2.42. The number of carbonyl (C=O) groups is 1. The standard InChI is InChI=1S/C23H38N4O3Si/c1-22(2,3)30-21(28)27(7)14-16-10-11-17-13-18(20(25-26-24)19(17)12-16)15-29-31(8,9)23(4,5)6/h10-12,18,20H,13-15H2,1-9H3/t18-,20?/m1/s1. The average molecular weight is 447 g/mol. The van der Waals surface area contributed by atoms with Gasteiger partial charge in [0, 0.05) is 25.1 Å². The van der Waals surface area contributed by atoms with Gasteiger partial charge in [-0.15, -0.1) is 0 Å². The third-order valence-electron chi connectivity index (χ3n) is 6.22. The van der Waals surface area contributed by atoms with E-state index in [1.165, 1.54) is 5.56 Å². The van der Waals surface area contributed by atoms with Crippen molar-refractivity contribution in [2.75, 3.05) is 13.7 Å². The highest BCUT2D eigenvalue weighted by molar-refractivity contribution is 6.74. The molecule has 0 spiro atoms. The smallest absolute Gasteiger partial charge is 0.410 e. The van der Waals surface area contributed by atoms with Gasteiger partial charge >= 0.3 is 6.09 Å². The molecule has 0 radical (unpaired) electrons. The first-order chi connectivity index (χ1) is 14.1. The van der Waals surface area contributed by atoms with Gasteiger partial charge in [0.25, 0.3) is 0 Å². The number of fused-ring (bicyclic) bond motifs is 1. The van der Waals surface area contributed by atoms with E-state index in [2.05, 4.69) is 56.0 Å². The van der Waals surface area contributed by atoms with Crippen LogP contribution in [0.5, 0.6) is 0 Å². The normalized spacial score (nSPS) is 18.9. The van der Waals surface area contributed by atoms with E-state index in [9.17, 15) is 10.3 Å². The second-order valence-electron chi connectivity index (χ2n) is 11.1. The molecule has 0 saturated carbocycles. The second kappa shape index (κ2) is 9.23. The average Bonchev–Trinajstić information content (AvgIpc) is 2.95. The molecule has 1 aliphatic carbocycles. The van der Waals surface area contributed by atoms with Crippen molar-refractivity contribution >= 4 is 14.4 Å². The zero-order valence-corrected chi connectivity index (χ0v) is 21.5. The summed E-state index contributed by atoms with van der Waals surface area (Å²) in [5.41, 5.74) is 11.9. The van der Waals surface area contributed by atoms with Crippen molar-refractivity contribution in [3.05, 3.63) is 45.3 Å². The molecule has 0 aromatic heterocycles. The molecule has 2 rings (SSSR count). The highest BCUT2D eigenvalue weighted by Gasteiger charge is 2.40. The van der Waals surface area contributed by atoms with E-state index in [1.807, 2.05) is 26.8 Å². The molecule has 0 heterocycles. The summed E-state index contributed by atoms with van der Waals surface area (Å²) in [5, 5.41) is 4.25. The van der Waals surface area contributed by atoms with E-state index in [0.29, 0.717) is 13.2 Å². The number of benzene rings is 1. The van der Waals surface area contributed by atoms with Crippen LogP contribution in [0.2, 0.25) is 18.1 Å². The number of carbonyl (C=O) groups excluding carboxylic acids is 1. The maximum atomic E-state index is 12.3. The number of rotatable bonds is 6. The summed E-state index contributed by atoms with van der Waals surface area (Å²) in [7, 11) is -0.162. The van der Waals surface area contributed by atoms with E-state index in [-0.39, 0.29) is 23.1 Å². The fourth-order valence-electron chi connectivity index (χ4n) is 3.42. The molecular formula is C23H38N4O3Si. The number of ether oxygens (including phenoxy) is 1. The van der Waals surface area contributed by atoms with E-state index < -0.39 is 13.9 Å². The molecule has 0 aliphatic heterocycles. The molecule has 1 aromatic carbocycles. The predicted octanol–water partition coefficient (Wildman–Crippen LogP) is 6.60. The molecule has 0 bridgehead atoms. The van der Waals surface area contributed by atoms with Gasteiger partial charge in [-0.1, -0.05) is 44.1 Å². The first-order valence-corrected chi connectivity index (χ1v) is 13.8. The highest BCUT2D eigenvalue weighted by atomic mass is 28.4. The van der Waals surface area contributed by atoms with Gasteiger partial charge in [-0.05, 0) is 73.5 Å². The van der Waals surface area contributed by atoms with Crippen LogP contribution in [0, 0.1) is 5.92 Å². The van der Waals surface area contributed by atoms with Crippen LogP contribution in [-0.4, -0.2) is 38.6 Å². The van der Waals surface area contributed by atoms with Crippen molar-refractivity contribution in [2.24, 2.45) is 11.0 Å². The summed E-state index contributed by atoms with van der Waals surface area (Å²) in [6, 6.07) is 5.92.